The number of cyclic esters (lactones) is 2. The summed E-state index contributed by atoms with van der Waals surface area (Å²) in [6, 6.07) is 1.76. The van der Waals surface area contributed by atoms with E-state index in [1.165, 1.54) is 0 Å². The number of carbonyl (C=O) groups excluding carboxylic acids is 2. The van der Waals surface area contributed by atoms with Crippen molar-refractivity contribution in [3.63, 3.8) is 0 Å². The Morgan fingerprint density at radius 3 is 2.33 bits per heavy atom. The molecule has 1 heterocycles. The number of rotatable bonds is 1. The van der Waals surface area contributed by atoms with E-state index in [1.54, 1.807) is 0 Å². The number of esters is 2. The van der Waals surface area contributed by atoms with Crippen LogP contribution in [0.5, 0.6) is 0 Å². The molecule has 96 valence electrons. The minimum absolute atomic E-state index is 0.210. The Bertz CT molecular complexity index is 522. The van der Waals surface area contributed by atoms with Gasteiger partial charge in [0, 0.05) is 0 Å². The van der Waals surface area contributed by atoms with E-state index in [2.05, 4.69) is 4.74 Å². The van der Waals surface area contributed by atoms with Crippen LogP contribution in [-0.2, 0) is 20.5 Å². The largest absolute Gasteiger partial charge is 0.416 e. The van der Waals surface area contributed by atoms with Crippen molar-refractivity contribution < 1.29 is 31.9 Å². The maximum Gasteiger partial charge on any atom is 0.416 e. The second kappa shape index (κ2) is 4.08. The summed E-state index contributed by atoms with van der Waals surface area (Å²) in [5.74, 6) is -4.08. The van der Waals surface area contributed by atoms with E-state index in [0.29, 0.717) is 12.1 Å². The van der Waals surface area contributed by atoms with Crippen molar-refractivity contribution >= 4 is 11.9 Å². The molecule has 1 aromatic rings. The molecular formula is C11H6F4O3. The summed E-state index contributed by atoms with van der Waals surface area (Å²) in [7, 11) is 0. The van der Waals surface area contributed by atoms with Crippen LogP contribution in [0.1, 0.15) is 23.5 Å². The molecule has 1 unspecified atom stereocenters. The maximum atomic E-state index is 13.1. The molecular weight excluding hydrogens is 256 g/mol. The summed E-state index contributed by atoms with van der Waals surface area (Å²) >= 11 is 0. The van der Waals surface area contributed by atoms with Crippen molar-refractivity contribution in [2.75, 3.05) is 0 Å². The monoisotopic (exact) mass is 262 g/mol. The number of halogens is 4. The second-order valence-electron chi connectivity index (χ2n) is 3.82. The van der Waals surface area contributed by atoms with Gasteiger partial charge in [0.25, 0.3) is 0 Å². The number of hydrogen-bond donors (Lipinski definition) is 0. The normalized spacial score (nSPS) is 20.1. The van der Waals surface area contributed by atoms with Gasteiger partial charge in [0.05, 0.1) is 17.9 Å². The van der Waals surface area contributed by atoms with Gasteiger partial charge < -0.3 is 4.74 Å². The molecule has 0 amide bonds. The van der Waals surface area contributed by atoms with E-state index in [1.807, 2.05) is 0 Å². The summed E-state index contributed by atoms with van der Waals surface area (Å²) in [6.07, 6.45) is -5.09. The number of benzene rings is 1. The van der Waals surface area contributed by atoms with Crippen molar-refractivity contribution in [2.24, 2.45) is 0 Å². The maximum absolute atomic E-state index is 13.1. The first-order chi connectivity index (χ1) is 8.27. The molecule has 2 rings (SSSR count). The van der Waals surface area contributed by atoms with Crippen LogP contribution in [-0.4, -0.2) is 11.9 Å². The Morgan fingerprint density at radius 2 is 1.83 bits per heavy atom. The lowest BCUT2D eigenvalue weighted by Gasteiger charge is -2.11. The Labute approximate surface area is 98.3 Å². The highest BCUT2D eigenvalue weighted by Gasteiger charge is 2.37. The third-order valence-electron chi connectivity index (χ3n) is 2.52. The lowest BCUT2D eigenvalue weighted by Crippen LogP contribution is -2.10. The molecule has 0 aliphatic carbocycles. The van der Waals surface area contributed by atoms with E-state index in [0.717, 1.165) is 6.07 Å². The van der Waals surface area contributed by atoms with Gasteiger partial charge in [-0.1, -0.05) is 0 Å². The average molecular weight is 262 g/mol. The van der Waals surface area contributed by atoms with Crippen LogP contribution in [0.4, 0.5) is 17.6 Å². The molecule has 1 aliphatic heterocycles. The first-order valence-corrected chi connectivity index (χ1v) is 4.89. The third kappa shape index (κ3) is 2.34. The summed E-state index contributed by atoms with van der Waals surface area (Å²) in [5, 5.41) is 0. The first kappa shape index (κ1) is 12.5. The quantitative estimate of drug-likeness (QED) is 0.443. The van der Waals surface area contributed by atoms with E-state index >= 15 is 0 Å². The average Bonchev–Trinajstić information content (AvgIpc) is 2.55. The van der Waals surface area contributed by atoms with Gasteiger partial charge in [-0.25, -0.2) is 4.39 Å². The van der Waals surface area contributed by atoms with Gasteiger partial charge in [0.15, 0.2) is 0 Å². The van der Waals surface area contributed by atoms with E-state index < -0.39 is 35.4 Å². The Morgan fingerprint density at radius 1 is 1.17 bits per heavy atom. The number of ether oxygens (including phenoxy) is 1. The molecule has 0 bridgehead atoms. The molecule has 1 atom stereocenters. The molecule has 1 saturated heterocycles. The molecule has 0 saturated carbocycles. The van der Waals surface area contributed by atoms with Crippen LogP contribution < -0.4 is 0 Å². The van der Waals surface area contributed by atoms with Crippen LogP contribution in [0.15, 0.2) is 18.2 Å². The van der Waals surface area contributed by atoms with Crippen LogP contribution in [0.25, 0.3) is 0 Å². The molecule has 0 N–H and O–H groups in total. The van der Waals surface area contributed by atoms with Crippen LogP contribution in [0.2, 0.25) is 0 Å². The van der Waals surface area contributed by atoms with Gasteiger partial charge in [-0.05, 0) is 23.8 Å². The molecule has 18 heavy (non-hydrogen) atoms. The van der Waals surface area contributed by atoms with Gasteiger partial charge in [0.1, 0.15) is 5.82 Å². The van der Waals surface area contributed by atoms with Gasteiger partial charge in [-0.3, -0.25) is 9.59 Å². The molecule has 0 aromatic heterocycles. The fourth-order valence-corrected chi connectivity index (χ4v) is 1.71. The van der Waals surface area contributed by atoms with E-state index in [4.69, 9.17) is 0 Å². The van der Waals surface area contributed by atoms with Crippen LogP contribution in [0.3, 0.4) is 0 Å². The van der Waals surface area contributed by atoms with Crippen molar-refractivity contribution in [3.8, 4) is 0 Å². The Balaban J connectivity index is 2.43. The number of hydrogen-bond acceptors (Lipinski definition) is 3. The topological polar surface area (TPSA) is 43.4 Å². The third-order valence-corrected chi connectivity index (χ3v) is 2.52. The van der Waals surface area contributed by atoms with Gasteiger partial charge >= 0.3 is 18.1 Å². The SMILES string of the molecule is O=C1CC(c2cc(F)cc(C(F)(F)F)c2)C(=O)O1. The Kier molecular flexibility index (Phi) is 2.84. The fourth-order valence-electron chi connectivity index (χ4n) is 1.71. The van der Waals surface area contributed by atoms with Gasteiger partial charge in [-0.15, -0.1) is 0 Å². The summed E-state index contributed by atoms with van der Waals surface area (Å²) in [5.41, 5.74) is -1.41. The highest BCUT2D eigenvalue weighted by molar-refractivity contribution is 5.97. The highest BCUT2D eigenvalue weighted by atomic mass is 19.4. The zero-order chi connectivity index (χ0) is 13.5. The molecule has 3 nitrogen and oxygen atoms in total. The minimum Gasteiger partial charge on any atom is -0.393 e. The van der Waals surface area contributed by atoms with Crippen molar-refractivity contribution in [2.45, 2.75) is 18.5 Å². The number of alkyl halides is 3. The summed E-state index contributed by atoms with van der Waals surface area (Å²) < 4.78 is 54.7. The zero-order valence-corrected chi connectivity index (χ0v) is 8.75. The van der Waals surface area contributed by atoms with Crippen LogP contribution >= 0.6 is 0 Å². The van der Waals surface area contributed by atoms with E-state index in [-0.39, 0.29) is 12.0 Å². The summed E-state index contributed by atoms with van der Waals surface area (Å²) in [4.78, 5) is 22.1. The first-order valence-electron chi connectivity index (χ1n) is 4.89. The van der Waals surface area contributed by atoms with Crippen molar-refractivity contribution in [3.05, 3.63) is 35.1 Å². The minimum atomic E-state index is -4.72. The van der Waals surface area contributed by atoms with Crippen molar-refractivity contribution in [1.29, 1.82) is 0 Å². The molecule has 1 aromatic carbocycles. The smallest absolute Gasteiger partial charge is 0.393 e. The predicted molar refractivity (Wildman–Crippen MR) is 49.9 cm³/mol. The van der Waals surface area contributed by atoms with Gasteiger partial charge in [0.2, 0.25) is 0 Å². The second-order valence-corrected chi connectivity index (χ2v) is 3.82. The zero-order valence-electron chi connectivity index (χ0n) is 8.75. The molecule has 7 heteroatoms. The lowest BCUT2D eigenvalue weighted by molar-refractivity contribution is -0.152. The fraction of sp³-hybridized carbons (Fsp3) is 0.273. The lowest BCUT2D eigenvalue weighted by atomic mass is 9.95. The molecule has 1 fully saturated rings. The van der Waals surface area contributed by atoms with E-state index in [9.17, 15) is 27.2 Å². The number of carbonyl (C=O) groups is 2. The molecule has 0 spiro atoms. The van der Waals surface area contributed by atoms with Crippen molar-refractivity contribution in [1.82, 2.24) is 0 Å². The van der Waals surface area contributed by atoms with Crippen LogP contribution in [0, 0.1) is 5.82 Å². The predicted octanol–water partition coefficient (Wildman–Crippen LogP) is 2.40. The van der Waals surface area contributed by atoms with Gasteiger partial charge in [-0.2, -0.15) is 13.2 Å². The summed E-state index contributed by atoms with van der Waals surface area (Å²) in [6.45, 7) is 0. The molecule has 0 radical (unpaired) electrons. The molecule has 1 aliphatic rings. The standard InChI is InChI=1S/C11H6F4O3/c12-7-2-5(1-6(3-7)11(13,14)15)8-4-9(16)18-10(8)17/h1-3,8H,4H2. The highest BCUT2D eigenvalue weighted by Crippen LogP contribution is 2.34. The Hall–Kier alpha value is -1.92.